The number of hydrogen-bond donors (Lipinski definition) is 1. The standard InChI is InChI=1S/C17H22N4/c1-2-4-16-14(3-1)12-19-17(20-16)21-9-7-15(8-10-21)18-11-13-5-6-13/h1-4,12-13,15,18H,5-11H2. The minimum absolute atomic E-state index is 0.683. The van der Waals surface area contributed by atoms with Crippen LogP contribution >= 0.6 is 0 Å². The normalized spacial score (nSPS) is 20.1. The fourth-order valence-corrected chi connectivity index (χ4v) is 3.05. The lowest BCUT2D eigenvalue weighted by molar-refractivity contribution is 0.406. The van der Waals surface area contributed by atoms with Gasteiger partial charge in [0.25, 0.3) is 0 Å². The van der Waals surface area contributed by atoms with E-state index in [1.54, 1.807) is 0 Å². The molecule has 4 rings (SSSR count). The van der Waals surface area contributed by atoms with E-state index in [-0.39, 0.29) is 0 Å². The van der Waals surface area contributed by atoms with Crippen LogP contribution in [0.3, 0.4) is 0 Å². The zero-order chi connectivity index (χ0) is 14.1. The molecule has 0 radical (unpaired) electrons. The van der Waals surface area contributed by atoms with Gasteiger partial charge in [-0.2, -0.15) is 0 Å². The van der Waals surface area contributed by atoms with Crippen LogP contribution in [0.4, 0.5) is 5.95 Å². The molecule has 2 aliphatic rings. The Morgan fingerprint density at radius 2 is 1.90 bits per heavy atom. The van der Waals surface area contributed by atoms with Gasteiger partial charge in [-0.3, -0.25) is 0 Å². The number of nitrogens with one attached hydrogen (secondary N) is 1. The van der Waals surface area contributed by atoms with E-state index in [1.165, 1.54) is 32.2 Å². The number of benzene rings is 1. The van der Waals surface area contributed by atoms with Gasteiger partial charge in [-0.1, -0.05) is 18.2 Å². The fourth-order valence-electron chi connectivity index (χ4n) is 3.05. The van der Waals surface area contributed by atoms with Crippen LogP contribution in [-0.2, 0) is 0 Å². The van der Waals surface area contributed by atoms with Crippen molar-refractivity contribution in [1.82, 2.24) is 15.3 Å². The van der Waals surface area contributed by atoms with Gasteiger partial charge in [0.15, 0.2) is 0 Å². The Balaban J connectivity index is 1.39. The molecule has 0 atom stereocenters. The van der Waals surface area contributed by atoms with Crippen molar-refractivity contribution in [3.05, 3.63) is 30.5 Å². The summed E-state index contributed by atoms with van der Waals surface area (Å²) in [6.07, 6.45) is 7.19. The Kier molecular flexibility index (Phi) is 3.47. The third-order valence-electron chi connectivity index (χ3n) is 4.65. The van der Waals surface area contributed by atoms with E-state index in [0.717, 1.165) is 35.9 Å². The molecule has 2 heterocycles. The Labute approximate surface area is 125 Å². The second-order valence-corrected chi connectivity index (χ2v) is 6.34. The molecule has 1 aliphatic carbocycles. The minimum atomic E-state index is 0.683. The molecule has 1 aliphatic heterocycles. The van der Waals surface area contributed by atoms with Gasteiger partial charge in [-0.05, 0) is 44.2 Å². The minimum Gasteiger partial charge on any atom is -0.341 e. The monoisotopic (exact) mass is 282 g/mol. The molecular formula is C17H22N4. The summed E-state index contributed by atoms with van der Waals surface area (Å²) in [5.41, 5.74) is 1.04. The van der Waals surface area contributed by atoms with E-state index in [9.17, 15) is 0 Å². The first-order valence-electron chi connectivity index (χ1n) is 8.08. The molecule has 4 nitrogen and oxygen atoms in total. The number of anilines is 1. The van der Waals surface area contributed by atoms with Gasteiger partial charge < -0.3 is 10.2 Å². The maximum atomic E-state index is 4.70. The molecule has 1 saturated carbocycles. The summed E-state index contributed by atoms with van der Waals surface area (Å²) in [5, 5.41) is 4.83. The summed E-state index contributed by atoms with van der Waals surface area (Å²) in [6.45, 7) is 3.33. The molecule has 1 N–H and O–H groups in total. The summed E-state index contributed by atoms with van der Waals surface area (Å²) in [4.78, 5) is 11.6. The van der Waals surface area contributed by atoms with Crippen LogP contribution < -0.4 is 10.2 Å². The predicted octanol–water partition coefficient (Wildman–Crippen LogP) is 2.60. The summed E-state index contributed by atoms with van der Waals surface area (Å²) < 4.78 is 0. The molecule has 110 valence electrons. The van der Waals surface area contributed by atoms with Crippen LogP contribution in [0.1, 0.15) is 25.7 Å². The predicted molar refractivity (Wildman–Crippen MR) is 85.5 cm³/mol. The molecule has 0 unspecified atom stereocenters. The summed E-state index contributed by atoms with van der Waals surface area (Å²) in [6, 6.07) is 8.87. The summed E-state index contributed by atoms with van der Waals surface area (Å²) in [7, 11) is 0. The van der Waals surface area contributed by atoms with Crippen LogP contribution in [-0.4, -0.2) is 35.6 Å². The van der Waals surface area contributed by atoms with Crippen molar-refractivity contribution in [2.75, 3.05) is 24.5 Å². The highest BCUT2D eigenvalue weighted by atomic mass is 15.3. The number of aromatic nitrogens is 2. The summed E-state index contributed by atoms with van der Waals surface area (Å²) in [5.74, 6) is 1.85. The Morgan fingerprint density at radius 3 is 2.71 bits per heavy atom. The van der Waals surface area contributed by atoms with Crippen LogP contribution in [0.2, 0.25) is 0 Å². The molecule has 0 spiro atoms. The number of fused-ring (bicyclic) bond motifs is 1. The van der Waals surface area contributed by atoms with Gasteiger partial charge in [0.1, 0.15) is 0 Å². The van der Waals surface area contributed by atoms with Crippen molar-refractivity contribution >= 4 is 16.9 Å². The Hall–Kier alpha value is -1.68. The Morgan fingerprint density at radius 1 is 1.10 bits per heavy atom. The molecular weight excluding hydrogens is 260 g/mol. The second kappa shape index (κ2) is 5.60. The lowest BCUT2D eigenvalue weighted by atomic mass is 10.1. The number of hydrogen-bond acceptors (Lipinski definition) is 4. The zero-order valence-corrected chi connectivity index (χ0v) is 12.3. The van der Waals surface area contributed by atoms with E-state index in [0.29, 0.717) is 6.04 Å². The highest BCUT2D eigenvalue weighted by molar-refractivity contribution is 5.78. The summed E-state index contributed by atoms with van der Waals surface area (Å²) >= 11 is 0. The average Bonchev–Trinajstić information content (AvgIpc) is 3.37. The van der Waals surface area contributed by atoms with Crippen LogP contribution in [0.5, 0.6) is 0 Å². The van der Waals surface area contributed by atoms with Gasteiger partial charge in [0, 0.05) is 30.7 Å². The maximum absolute atomic E-state index is 4.70. The van der Waals surface area contributed by atoms with Crippen LogP contribution in [0.25, 0.3) is 10.9 Å². The molecule has 0 bridgehead atoms. The quantitative estimate of drug-likeness (QED) is 0.936. The molecule has 1 aromatic carbocycles. The molecule has 2 aromatic rings. The lowest BCUT2D eigenvalue weighted by Gasteiger charge is -2.32. The van der Waals surface area contributed by atoms with Crippen molar-refractivity contribution in [3.8, 4) is 0 Å². The van der Waals surface area contributed by atoms with Gasteiger partial charge >= 0.3 is 0 Å². The Bertz CT molecular complexity index is 615. The first-order valence-corrected chi connectivity index (χ1v) is 8.08. The SMILES string of the molecule is c1ccc2nc(N3CCC(NCC4CC4)CC3)ncc2c1. The van der Waals surface area contributed by atoms with E-state index in [2.05, 4.69) is 27.3 Å². The van der Waals surface area contributed by atoms with E-state index < -0.39 is 0 Å². The molecule has 0 amide bonds. The van der Waals surface area contributed by atoms with Crippen molar-refractivity contribution in [3.63, 3.8) is 0 Å². The molecule has 4 heteroatoms. The second-order valence-electron chi connectivity index (χ2n) is 6.34. The van der Waals surface area contributed by atoms with Gasteiger partial charge in [-0.25, -0.2) is 9.97 Å². The largest absolute Gasteiger partial charge is 0.341 e. The molecule has 1 aromatic heterocycles. The number of nitrogens with zero attached hydrogens (tertiary/aromatic N) is 3. The van der Waals surface area contributed by atoms with Gasteiger partial charge in [0.05, 0.1) is 5.52 Å². The highest BCUT2D eigenvalue weighted by Crippen LogP contribution is 2.28. The highest BCUT2D eigenvalue weighted by Gasteiger charge is 2.25. The smallest absolute Gasteiger partial charge is 0.225 e. The third-order valence-corrected chi connectivity index (χ3v) is 4.65. The number of rotatable bonds is 4. The first-order chi connectivity index (χ1) is 10.4. The van der Waals surface area contributed by atoms with Gasteiger partial charge in [-0.15, -0.1) is 0 Å². The van der Waals surface area contributed by atoms with E-state index in [4.69, 9.17) is 4.98 Å². The lowest BCUT2D eigenvalue weighted by Crippen LogP contribution is -2.43. The fraction of sp³-hybridized carbons (Fsp3) is 0.529. The van der Waals surface area contributed by atoms with E-state index >= 15 is 0 Å². The molecule has 2 fully saturated rings. The van der Waals surface area contributed by atoms with Crippen molar-refractivity contribution in [2.24, 2.45) is 5.92 Å². The number of piperidine rings is 1. The average molecular weight is 282 g/mol. The van der Waals surface area contributed by atoms with Gasteiger partial charge in [0.2, 0.25) is 5.95 Å². The van der Waals surface area contributed by atoms with Crippen molar-refractivity contribution in [2.45, 2.75) is 31.7 Å². The number of para-hydroxylation sites is 1. The van der Waals surface area contributed by atoms with Crippen LogP contribution in [0.15, 0.2) is 30.5 Å². The maximum Gasteiger partial charge on any atom is 0.225 e. The van der Waals surface area contributed by atoms with Crippen molar-refractivity contribution < 1.29 is 0 Å². The topological polar surface area (TPSA) is 41.1 Å². The molecule has 21 heavy (non-hydrogen) atoms. The van der Waals surface area contributed by atoms with E-state index in [1.807, 2.05) is 18.3 Å². The van der Waals surface area contributed by atoms with Crippen molar-refractivity contribution in [1.29, 1.82) is 0 Å². The molecule has 1 saturated heterocycles. The van der Waals surface area contributed by atoms with Crippen LogP contribution in [0, 0.1) is 5.92 Å². The first kappa shape index (κ1) is 13.0. The third kappa shape index (κ3) is 3.00. The zero-order valence-electron chi connectivity index (χ0n) is 12.3.